The normalized spacial score (nSPS) is 11.9. The van der Waals surface area contributed by atoms with Crippen LogP contribution >= 0.6 is 0 Å². The first-order chi connectivity index (χ1) is 9.08. The first-order valence-corrected chi connectivity index (χ1v) is 6.38. The third-order valence-corrected chi connectivity index (χ3v) is 3.03. The van der Waals surface area contributed by atoms with Crippen molar-refractivity contribution in [2.45, 2.75) is 19.8 Å². The second kappa shape index (κ2) is 7.53. The maximum Gasteiger partial charge on any atom is 0.335 e. The SMILES string of the molecule is CCC(CN)C(=O)NCCc1cccc(C(=O)O)c1. The van der Waals surface area contributed by atoms with E-state index in [4.69, 9.17) is 10.8 Å². The fourth-order valence-corrected chi connectivity index (χ4v) is 1.79. The molecule has 0 radical (unpaired) electrons. The molecule has 0 aliphatic carbocycles. The predicted octanol–water partition coefficient (Wildman–Crippen LogP) is 1.03. The molecule has 0 fully saturated rings. The minimum atomic E-state index is -0.944. The Bertz CT molecular complexity index is 442. The van der Waals surface area contributed by atoms with E-state index in [9.17, 15) is 9.59 Å². The third-order valence-electron chi connectivity index (χ3n) is 3.03. The second-order valence-corrected chi connectivity index (χ2v) is 4.39. The fraction of sp³-hybridized carbons (Fsp3) is 0.429. The number of benzene rings is 1. The van der Waals surface area contributed by atoms with Crippen LogP contribution in [0.3, 0.4) is 0 Å². The van der Waals surface area contributed by atoms with Gasteiger partial charge in [-0.1, -0.05) is 19.1 Å². The summed E-state index contributed by atoms with van der Waals surface area (Å²) in [5.74, 6) is -1.13. The van der Waals surface area contributed by atoms with Crippen LogP contribution in [0.2, 0.25) is 0 Å². The average Bonchev–Trinajstić information content (AvgIpc) is 2.40. The van der Waals surface area contributed by atoms with Crippen molar-refractivity contribution in [3.8, 4) is 0 Å². The van der Waals surface area contributed by atoms with E-state index >= 15 is 0 Å². The molecule has 104 valence electrons. The van der Waals surface area contributed by atoms with Crippen LogP contribution in [0.1, 0.15) is 29.3 Å². The third kappa shape index (κ3) is 4.71. The highest BCUT2D eigenvalue weighted by Gasteiger charge is 2.13. The molecular formula is C14H20N2O3. The Hall–Kier alpha value is -1.88. The lowest BCUT2D eigenvalue weighted by molar-refractivity contribution is -0.124. The Morgan fingerprint density at radius 2 is 2.16 bits per heavy atom. The van der Waals surface area contributed by atoms with Crippen molar-refractivity contribution < 1.29 is 14.7 Å². The summed E-state index contributed by atoms with van der Waals surface area (Å²) in [4.78, 5) is 22.5. The van der Waals surface area contributed by atoms with E-state index in [0.29, 0.717) is 19.5 Å². The molecule has 0 spiro atoms. The molecule has 1 rings (SSSR count). The first kappa shape index (κ1) is 15.2. The molecule has 5 heteroatoms. The van der Waals surface area contributed by atoms with Gasteiger partial charge in [-0.25, -0.2) is 4.79 Å². The number of carboxylic acids is 1. The minimum Gasteiger partial charge on any atom is -0.478 e. The Morgan fingerprint density at radius 3 is 2.74 bits per heavy atom. The highest BCUT2D eigenvalue weighted by molar-refractivity contribution is 5.87. The monoisotopic (exact) mass is 264 g/mol. The molecule has 4 N–H and O–H groups in total. The zero-order valence-corrected chi connectivity index (χ0v) is 11.1. The number of amides is 1. The van der Waals surface area contributed by atoms with Crippen LogP contribution < -0.4 is 11.1 Å². The molecule has 0 saturated heterocycles. The topological polar surface area (TPSA) is 92.4 Å². The van der Waals surface area contributed by atoms with Gasteiger partial charge in [0.1, 0.15) is 0 Å². The van der Waals surface area contributed by atoms with Crippen LogP contribution in [0.15, 0.2) is 24.3 Å². The highest BCUT2D eigenvalue weighted by Crippen LogP contribution is 2.06. The molecule has 0 heterocycles. The summed E-state index contributed by atoms with van der Waals surface area (Å²) in [5, 5.41) is 11.7. The van der Waals surface area contributed by atoms with E-state index in [1.807, 2.05) is 13.0 Å². The van der Waals surface area contributed by atoms with Crippen molar-refractivity contribution in [2.24, 2.45) is 11.7 Å². The van der Waals surface area contributed by atoms with Crippen molar-refractivity contribution in [2.75, 3.05) is 13.1 Å². The van der Waals surface area contributed by atoms with Crippen LogP contribution in [-0.4, -0.2) is 30.1 Å². The Morgan fingerprint density at radius 1 is 1.42 bits per heavy atom. The quantitative estimate of drug-likeness (QED) is 0.685. The summed E-state index contributed by atoms with van der Waals surface area (Å²) in [6.07, 6.45) is 1.32. The number of hydrogen-bond donors (Lipinski definition) is 3. The van der Waals surface area contributed by atoms with E-state index in [2.05, 4.69) is 5.32 Å². The van der Waals surface area contributed by atoms with Gasteiger partial charge in [-0.15, -0.1) is 0 Å². The maximum atomic E-state index is 11.7. The highest BCUT2D eigenvalue weighted by atomic mass is 16.4. The molecule has 1 aromatic carbocycles. The summed E-state index contributed by atoms with van der Waals surface area (Å²) in [6.45, 7) is 2.75. The van der Waals surface area contributed by atoms with E-state index in [1.54, 1.807) is 18.2 Å². The number of nitrogens with one attached hydrogen (secondary N) is 1. The zero-order valence-electron chi connectivity index (χ0n) is 11.1. The summed E-state index contributed by atoms with van der Waals surface area (Å²) in [6, 6.07) is 6.72. The van der Waals surface area contributed by atoms with Gasteiger partial charge in [0.05, 0.1) is 5.56 Å². The van der Waals surface area contributed by atoms with Gasteiger partial charge in [-0.2, -0.15) is 0 Å². The number of carboxylic acid groups (broad SMARTS) is 1. The van der Waals surface area contributed by atoms with Gasteiger partial charge in [-0.3, -0.25) is 4.79 Å². The predicted molar refractivity (Wildman–Crippen MR) is 73.0 cm³/mol. The van der Waals surface area contributed by atoms with Crippen molar-refractivity contribution in [3.63, 3.8) is 0 Å². The zero-order chi connectivity index (χ0) is 14.3. The van der Waals surface area contributed by atoms with Crippen LogP contribution in [0.25, 0.3) is 0 Å². The number of carbonyl (C=O) groups is 2. The van der Waals surface area contributed by atoms with Crippen LogP contribution in [0.4, 0.5) is 0 Å². The molecule has 1 amide bonds. The van der Waals surface area contributed by atoms with Crippen molar-refractivity contribution >= 4 is 11.9 Å². The van der Waals surface area contributed by atoms with E-state index in [-0.39, 0.29) is 17.4 Å². The number of nitrogens with two attached hydrogens (primary N) is 1. The number of carbonyl (C=O) groups excluding carboxylic acids is 1. The summed E-state index contributed by atoms with van der Waals surface area (Å²) >= 11 is 0. The smallest absolute Gasteiger partial charge is 0.335 e. The van der Waals surface area contributed by atoms with E-state index < -0.39 is 5.97 Å². The molecule has 1 atom stereocenters. The fourth-order valence-electron chi connectivity index (χ4n) is 1.79. The average molecular weight is 264 g/mol. The molecule has 0 aliphatic rings. The van der Waals surface area contributed by atoms with Gasteiger partial charge < -0.3 is 16.2 Å². The van der Waals surface area contributed by atoms with Crippen molar-refractivity contribution in [3.05, 3.63) is 35.4 Å². The van der Waals surface area contributed by atoms with E-state index in [0.717, 1.165) is 12.0 Å². The Balaban J connectivity index is 2.47. The molecule has 0 saturated carbocycles. The maximum absolute atomic E-state index is 11.7. The lowest BCUT2D eigenvalue weighted by atomic mass is 10.1. The molecular weight excluding hydrogens is 244 g/mol. The van der Waals surface area contributed by atoms with Gasteiger partial charge in [0.15, 0.2) is 0 Å². The molecule has 5 nitrogen and oxygen atoms in total. The van der Waals surface area contributed by atoms with Crippen molar-refractivity contribution in [1.29, 1.82) is 0 Å². The van der Waals surface area contributed by atoms with Gasteiger partial charge >= 0.3 is 5.97 Å². The minimum absolute atomic E-state index is 0.0422. The van der Waals surface area contributed by atoms with Gasteiger partial charge in [0, 0.05) is 19.0 Å². The molecule has 19 heavy (non-hydrogen) atoms. The number of hydrogen-bond acceptors (Lipinski definition) is 3. The molecule has 0 aromatic heterocycles. The number of aromatic carboxylic acids is 1. The summed E-state index contributed by atoms with van der Waals surface area (Å²) in [5.41, 5.74) is 6.65. The molecule has 0 bridgehead atoms. The Kier molecular flexibility index (Phi) is 6.02. The second-order valence-electron chi connectivity index (χ2n) is 4.39. The summed E-state index contributed by atoms with van der Waals surface area (Å²) < 4.78 is 0. The lowest BCUT2D eigenvalue weighted by Crippen LogP contribution is -2.35. The molecule has 1 aromatic rings. The van der Waals surface area contributed by atoms with Gasteiger partial charge in [-0.05, 0) is 30.5 Å². The number of rotatable bonds is 7. The molecule has 1 unspecified atom stereocenters. The van der Waals surface area contributed by atoms with Crippen molar-refractivity contribution in [1.82, 2.24) is 5.32 Å². The van der Waals surface area contributed by atoms with Crippen LogP contribution in [-0.2, 0) is 11.2 Å². The van der Waals surface area contributed by atoms with Crippen LogP contribution in [0.5, 0.6) is 0 Å². The van der Waals surface area contributed by atoms with E-state index in [1.165, 1.54) is 0 Å². The summed E-state index contributed by atoms with van der Waals surface area (Å²) in [7, 11) is 0. The lowest BCUT2D eigenvalue weighted by Gasteiger charge is -2.12. The standard InChI is InChI=1S/C14H20N2O3/c1-2-11(9-15)13(17)16-7-6-10-4-3-5-12(8-10)14(18)19/h3-5,8,11H,2,6-7,9,15H2,1H3,(H,16,17)(H,18,19). The molecule has 0 aliphatic heterocycles. The first-order valence-electron chi connectivity index (χ1n) is 6.38. The Labute approximate surface area is 112 Å². The van der Waals surface area contributed by atoms with Crippen LogP contribution in [0, 0.1) is 5.92 Å². The van der Waals surface area contributed by atoms with Gasteiger partial charge in [0.2, 0.25) is 5.91 Å². The van der Waals surface area contributed by atoms with Gasteiger partial charge in [0.25, 0.3) is 0 Å². The largest absolute Gasteiger partial charge is 0.478 e.